The quantitative estimate of drug-likeness (QED) is 0.541. The third-order valence-electron chi connectivity index (χ3n) is 4.53. The summed E-state index contributed by atoms with van der Waals surface area (Å²) in [5, 5.41) is 4.15. The van der Waals surface area contributed by atoms with Gasteiger partial charge in [-0.1, -0.05) is 45.7 Å². The molecule has 3 nitrogen and oxygen atoms in total. The van der Waals surface area contributed by atoms with Gasteiger partial charge in [-0.05, 0) is 61.0 Å². The van der Waals surface area contributed by atoms with E-state index in [2.05, 4.69) is 27.3 Å². The van der Waals surface area contributed by atoms with Crippen LogP contribution in [0, 0.1) is 6.92 Å². The zero-order chi connectivity index (χ0) is 18.3. The fourth-order valence-corrected chi connectivity index (χ4v) is 3.59. The van der Waals surface area contributed by atoms with Gasteiger partial charge in [0, 0.05) is 32.0 Å². The summed E-state index contributed by atoms with van der Waals surface area (Å²) >= 11 is 9.55. The average molecular weight is 428 g/mol. The van der Waals surface area contributed by atoms with Crippen molar-refractivity contribution in [3.8, 4) is 0 Å². The van der Waals surface area contributed by atoms with Crippen molar-refractivity contribution in [2.75, 3.05) is 10.2 Å². The van der Waals surface area contributed by atoms with Crippen LogP contribution in [-0.2, 0) is 0 Å². The van der Waals surface area contributed by atoms with Crippen molar-refractivity contribution in [2.24, 2.45) is 0 Å². The van der Waals surface area contributed by atoms with Crippen molar-refractivity contribution in [1.82, 2.24) is 0 Å². The molecule has 130 valence electrons. The zero-order valence-electron chi connectivity index (χ0n) is 14.0. The van der Waals surface area contributed by atoms with E-state index in [4.69, 9.17) is 11.6 Å². The molecule has 0 aromatic heterocycles. The SMILES string of the molecule is Cc1cc(N[C@@H]2c3ccccc3C(=O)N2c2ccc(Cl)cc2)ccc1Br. The van der Waals surface area contributed by atoms with Crippen LogP contribution in [0.4, 0.5) is 11.4 Å². The number of fused-ring (bicyclic) bond motifs is 1. The van der Waals surface area contributed by atoms with Crippen molar-refractivity contribution in [1.29, 1.82) is 0 Å². The molecule has 26 heavy (non-hydrogen) atoms. The van der Waals surface area contributed by atoms with Gasteiger partial charge >= 0.3 is 0 Å². The number of aryl methyl sites for hydroxylation is 1. The number of hydrogen-bond donors (Lipinski definition) is 1. The molecule has 0 saturated heterocycles. The average Bonchev–Trinajstić information content (AvgIpc) is 2.92. The molecular weight excluding hydrogens is 412 g/mol. The molecular formula is C21H16BrClN2O. The predicted octanol–water partition coefficient (Wildman–Crippen LogP) is 6.18. The minimum atomic E-state index is -0.277. The highest BCUT2D eigenvalue weighted by atomic mass is 79.9. The van der Waals surface area contributed by atoms with Gasteiger partial charge in [-0.2, -0.15) is 0 Å². The highest BCUT2D eigenvalue weighted by Gasteiger charge is 2.37. The van der Waals surface area contributed by atoms with Gasteiger partial charge in [0.05, 0.1) is 0 Å². The van der Waals surface area contributed by atoms with E-state index in [1.807, 2.05) is 55.5 Å². The van der Waals surface area contributed by atoms with Crippen molar-refractivity contribution in [3.63, 3.8) is 0 Å². The summed E-state index contributed by atoms with van der Waals surface area (Å²) in [6, 6.07) is 21.1. The van der Waals surface area contributed by atoms with Crippen LogP contribution >= 0.6 is 27.5 Å². The van der Waals surface area contributed by atoms with Crippen LogP contribution in [-0.4, -0.2) is 5.91 Å². The normalized spacial score (nSPS) is 15.9. The minimum absolute atomic E-state index is 0.0192. The smallest absolute Gasteiger partial charge is 0.260 e. The Kier molecular flexibility index (Phi) is 4.47. The van der Waals surface area contributed by atoms with Gasteiger partial charge in [0.2, 0.25) is 0 Å². The maximum Gasteiger partial charge on any atom is 0.260 e. The molecule has 0 saturated carbocycles. The maximum atomic E-state index is 13.0. The second-order valence-electron chi connectivity index (χ2n) is 6.25. The van der Waals surface area contributed by atoms with Crippen molar-refractivity contribution < 1.29 is 4.79 Å². The Morgan fingerprint density at radius 2 is 1.77 bits per heavy atom. The Hall–Kier alpha value is -2.30. The number of nitrogens with zero attached hydrogens (tertiary/aromatic N) is 1. The summed E-state index contributed by atoms with van der Waals surface area (Å²) in [4.78, 5) is 14.8. The summed E-state index contributed by atoms with van der Waals surface area (Å²) in [5.74, 6) is -0.0192. The van der Waals surface area contributed by atoms with Crippen LogP contribution in [0.5, 0.6) is 0 Å². The predicted molar refractivity (Wildman–Crippen MR) is 110 cm³/mol. The summed E-state index contributed by atoms with van der Waals surface area (Å²) in [5.41, 5.74) is 4.58. The largest absolute Gasteiger partial charge is 0.361 e. The number of amides is 1. The van der Waals surface area contributed by atoms with E-state index < -0.39 is 0 Å². The fraction of sp³-hybridized carbons (Fsp3) is 0.0952. The number of halogens is 2. The van der Waals surface area contributed by atoms with Gasteiger partial charge in [0.15, 0.2) is 0 Å². The lowest BCUT2D eigenvalue weighted by Crippen LogP contribution is -2.32. The number of carbonyl (C=O) groups is 1. The molecule has 0 spiro atoms. The number of benzene rings is 3. The molecule has 1 N–H and O–H groups in total. The van der Waals surface area contributed by atoms with Crippen LogP contribution < -0.4 is 10.2 Å². The lowest BCUT2D eigenvalue weighted by atomic mass is 10.1. The molecule has 1 aliphatic rings. The Morgan fingerprint density at radius 1 is 1.04 bits per heavy atom. The first kappa shape index (κ1) is 17.1. The Bertz CT molecular complexity index is 988. The number of carbonyl (C=O) groups excluding carboxylic acids is 1. The topological polar surface area (TPSA) is 32.3 Å². The Morgan fingerprint density at radius 3 is 2.50 bits per heavy atom. The van der Waals surface area contributed by atoms with Crippen LogP contribution in [0.15, 0.2) is 71.2 Å². The summed E-state index contributed by atoms with van der Waals surface area (Å²) in [6.45, 7) is 2.04. The first-order valence-corrected chi connectivity index (χ1v) is 9.42. The zero-order valence-corrected chi connectivity index (χ0v) is 16.4. The molecule has 3 aromatic rings. The molecule has 1 heterocycles. The number of rotatable bonds is 3. The van der Waals surface area contributed by atoms with Gasteiger partial charge < -0.3 is 5.32 Å². The van der Waals surface area contributed by atoms with E-state index in [1.54, 1.807) is 17.0 Å². The second kappa shape index (κ2) is 6.78. The molecule has 0 bridgehead atoms. The van der Waals surface area contributed by atoms with Gasteiger partial charge in [-0.25, -0.2) is 0 Å². The lowest BCUT2D eigenvalue weighted by Gasteiger charge is -2.27. The first-order chi connectivity index (χ1) is 12.5. The Balaban J connectivity index is 1.77. The van der Waals surface area contributed by atoms with Crippen molar-refractivity contribution in [2.45, 2.75) is 13.1 Å². The molecule has 4 rings (SSSR count). The molecule has 3 aromatic carbocycles. The number of anilines is 2. The number of hydrogen-bond acceptors (Lipinski definition) is 2. The Labute approximate surface area is 165 Å². The van der Waals surface area contributed by atoms with Crippen LogP contribution in [0.3, 0.4) is 0 Å². The van der Waals surface area contributed by atoms with Gasteiger partial charge in [-0.3, -0.25) is 9.69 Å². The maximum absolute atomic E-state index is 13.0. The van der Waals surface area contributed by atoms with Crippen molar-refractivity contribution >= 4 is 44.8 Å². The number of nitrogens with one attached hydrogen (secondary N) is 1. The monoisotopic (exact) mass is 426 g/mol. The molecule has 0 aliphatic carbocycles. The second-order valence-corrected chi connectivity index (χ2v) is 7.54. The standard InChI is InChI=1S/C21H16BrClN2O/c1-13-12-15(8-11-19(13)22)24-20-17-4-2-3-5-18(17)21(26)25(20)16-9-6-14(23)7-10-16/h2-12,20,24H,1H3/t20-/m0/s1. The summed E-state index contributed by atoms with van der Waals surface area (Å²) in [6.07, 6.45) is -0.277. The highest BCUT2D eigenvalue weighted by Crippen LogP contribution is 2.38. The minimum Gasteiger partial charge on any atom is -0.361 e. The van der Waals surface area contributed by atoms with Crippen LogP contribution in [0.2, 0.25) is 5.02 Å². The molecule has 0 unspecified atom stereocenters. The molecule has 0 fully saturated rings. The van der Waals surface area contributed by atoms with Crippen LogP contribution in [0.25, 0.3) is 0 Å². The van der Waals surface area contributed by atoms with Crippen molar-refractivity contribution in [3.05, 3.63) is 92.9 Å². The fourth-order valence-electron chi connectivity index (χ4n) is 3.22. The third kappa shape index (κ3) is 3.00. The third-order valence-corrected chi connectivity index (χ3v) is 5.67. The van der Waals surface area contributed by atoms with Gasteiger partial charge in [-0.15, -0.1) is 0 Å². The van der Waals surface area contributed by atoms with E-state index in [-0.39, 0.29) is 12.1 Å². The van der Waals surface area contributed by atoms with E-state index in [0.29, 0.717) is 10.6 Å². The van der Waals surface area contributed by atoms with Crippen LogP contribution in [0.1, 0.15) is 27.7 Å². The summed E-state index contributed by atoms with van der Waals surface area (Å²) < 4.78 is 1.06. The van der Waals surface area contributed by atoms with E-state index in [9.17, 15) is 4.79 Å². The highest BCUT2D eigenvalue weighted by molar-refractivity contribution is 9.10. The molecule has 1 atom stereocenters. The van der Waals surface area contributed by atoms with E-state index in [0.717, 1.165) is 27.0 Å². The first-order valence-electron chi connectivity index (χ1n) is 8.25. The molecule has 0 radical (unpaired) electrons. The van der Waals surface area contributed by atoms with E-state index in [1.165, 1.54) is 0 Å². The summed E-state index contributed by atoms with van der Waals surface area (Å²) in [7, 11) is 0. The molecule has 1 aliphatic heterocycles. The lowest BCUT2D eigenvalue weighted by molar-refractivity contribution is 0.0993. The van der Waals surface area contributed by atoms with Gasteiger partial charge in [0.25, 0.3) is 5.91 Å². The molecule has 5 heteroatoms. The van der Waals surface area contributed by atoms with E-state index >= 15 is 0 Å². The van der Waals surface area contributed by atoms with Gasteiger partial charge in [0.1, 0.15) is 6.17 Å². The molecule has 1 amide bonds.